The highest BCUT2D eigenvalue weighted by atomic mass is 35.5. The van der Waals surface area contributed by atoms with Gasteiger partial charge in [0.05, 0.1) is 35.7 Å². The average molecular weight is 349 g/mol. The van der Waals surface area contributed by atoms with Gasteiger partial charge < -0.3 is 9.84 Å². The van der Waals surface area contributed by atoms with Crippen LogP contribution >= 0.6 is 11.6 Å². The maximum absolute atomic E-state index is 11.2. The number of hydrogen-bond acceptors (Lipinski definition) is 5. The van der Waals surface area contributed by atoms with Gasteiger partial charge in [0.2, 0.25) is 5.88 Å². The Balaban J connectivity index is 2.03. The molecule has 1 aliphatic carbocycles. The first kappa shape index (κ1) is 16.9. The molecule has 127 valence electrons. The lowest BCUT2D eigenvalue weighted by molar-refractivity contribution is 0.0247. The molecule has 0 amide bonds. The lowest BCUT2D eigenvalue weighted by atomic mass is 9.83. The van der Waals surface area contributed by atoms with Crippen LogP contribution in [0, 0.1) is 6.04 Å². The van der Waals surface area contributed by atoms with Crippen molar-refractivity contribution in [2.75, 3.05) is 7.11 Å². The smallest absolute Gasteiger partial charge is 0.213 e. The molecule has 2 aromatic rings. The second-order valence-corrected chi connectivity index (χ2v) is 6.66. The summed E-state index contributed by atoms with van der Waals surface area (Å²) in [7, 11) is 1.53. The van der Waals surface area contributed by atoms with Gasteiger partial charge in [-0.1, -0.05) is 11.6 Å². The number of aliphatic hydroxyl groups is 1. The van der Waals surface area contributed by atoms with Crippen molar-refractivity contribution in [3.8, 4) is 17.1 Å². The summed E-state index contributed by atoms with van der Waals surface area (Å²) in [4.78, 5) is 15.3. The molecule has 1 aliphatic rings. The Labute approximate surface area is 145 Å². The van der Waals surface area contributed by atoms with Crippen LogP contribution in [0.3, 0.4) is 0 Å². The van der Waals surface area contributed by atoms with E-state index in [-0.39, 0.29) is 0 Å². The second-order valence-electron chi connectivity index (χ2n) is 6.25. The van der Waals surface area contributed by atoms with Crippen molar-refractivity contribution in [2.24, 2.45) is 0 Å². The van der Waals surface area contributed by atoms with E-state index in [9.17, 15) is 9.90 Å². The van der Waals surface area contributed by atoms with E-state index in [4.69, 9.17) is 16.3 Å². The van der Waals surface area contributed by atoms with E-state index >= 15 is 0 Å². The normalized spacial score (nSPS) is 17.7. The second kappa shape index (κ2) is 6.53. The number of carbonyl (C=O) groups is 1. The van der Waals surface area contributed by atoms with E-state index in [1.807, 2.05) is 6.92 Å². The van der Waals surface area contributed by atoms with E-state index in [2.05, 4.69) is 10.1 Å². The molecule has 1 N–H and O–H groups in total. The van der Waals surface area contributed by atoms with Crippen molar-refractivity contribution >= 4 is 17.9 Å². The molecule has 0 atom stereocenters. The Hall–Kier alpha value is -1.92. The molecule has 1 radical (unpaired) electrons. The molecule has 6 nitrogen and oxygen atoms in total. The van der Waals surface area contributed by atoms with Gasteiger partial charge in [0, 0.05) is 11.6 Å². The summed E-state index contributed by atoms with van der Waals surface area (Å²) in [6, 6.07) is 4.48. The summed E-state index contributed by atoms with van der Waals surface area (Å²) in [6.07, 6.45) is 4.96. The monoisotopic (exact) mass is 348 g/mol. The Morgan fingerprint density at radius 2 is 2.08 bits per heavy atom. The quantitative estimate of drug-likeness (QED) is 0.859. The Bertz CT molecular complexity index is 748. The van der Waals surface area contributed by atoms with E-state index in [0.717, 1.165) is 11.7 Å². The summed E-state index contributed by atoms with van der Waals surface area (Å²) < 4.78 is 6.93. The van der Waals surface area contributed by atoms with Crippen molar-refractivity contribution in [1.82, 2.24) is 14.8 Å². The zero-order valence-electron chi connectivity index (χ0n) is 13.6. The van der Waals surface area contributed by atoms with Crippen LogP contribution < -0.4 is 4.74 Å². The maximum atomic E-state index is 11.2. The molecule has 0 saturated heterocycles. The zero-order valence-corrected chi connectivity index (χ0v) is 14.4. The molecule has 2 aromatic heterocycles. The molecule has 3 rings (SSSR count). The summed E-state index contributed by atoms with van der Waals surface area (Å²) >= 11 is 6.30. The van der Waals surface area contributed by atoms with Crippen molar-refractivity contribution < 1.29 is 14.6 Å². The number of pyridine rings is 1. The molecular formula is C17H19ClN3O3. The molecule has 0 aliphatic heterocycles. The lowest BCUT2D eigenvalue weighted by Crippen LogP contribution is -2.32. The summed E-state index contributed by atoms with van der Waals surface area (Å²) in [6.45, 7) is 1.84. The first-order chi connectivity index (χ1) is 11.4. The van der Waals surface area contributed by atoms with Gasteiger partial charge in [-0.15, -0.1) is 0 Å². The number of rotatable bonds is 4. The highest BCUT2D eigenvalue weighted by Gasteiger charge is 2.32. The van der Waals surface area contributed by atoms with Gasteiger partial charge >= 0.3 is 0 Å². The Kier molecular flexibility index (Phi) is 4.60. The van der Waals surface area contributed by atoms with Crippen LogP contribution in [0.25, 0.3) is 11.3 Å². The number of aldehydes is 1. The summed E-state index contributed by atoms with van der Waals surface area (Å²) in [5.74, 6) is 0.436. The van der Waals surface area contributed by atoms with Crippen molar-refractivity contribution in [3.63, 3.8) is 0 Å². The van der Waals surface area contributed by atoms with Crippen LogP contribution in [0.15, 0.2) is 18.3 Å². The van der Waals surface area contributed by atoms with Gasteiger partial charge in [0.25, 0.3) is 0 Å². The predicted molar refractivity (Wildman–Crippen MR) is 90.1 cm³/mol. The van der Waals surface area contributed by atoms with Gasteiger partial charge in [-0.2, -0.15) is 5.10 Å². The maximum Gasteiger partial charge on any atom is 0.213 e. The fraction of sp³-hybridized carbons (Fsp3) is 0.412. The Morgan fingerprint density at radius 1 is 1.38 bits per heavy atom. The number of halogens is 1. The zero-order chi connectivity index (χ0) is 17.3. The fourth-order valence-corrected chi connectivity index (χ4v) is 3.11. The first-order valence-corrected chi connectivity index (χ1v) is 8.14. The number of aromatic nitrogens is 3. The minimum atomic E-state index is -0.651. The molecular weight excluding hydrogens is 330 g/mol. The predicted octanol–water partition coefficient (Wildman–Crippen LogP) is 3.12. The summed E-state index contributed by atoms with van der Waals surface area (Å²) in [5.41, 5.74) is 1.11. The topological polar surface area (TPSA) is 77.2 Å². The lowest BCUT2D eigenvalue weighted by Gasteiger charge is -2.33. The number of carbonyl (C=O) groups excluding carboxylic acids is 1. The molecule has 7 heteroatoms. The van der Waals surface area contributed by atoms with Crippen molar-refractivity contribution in [3.05, 3.63) is 35.1 Å². The van der Waals surface area contributed by atoms with Crippen LogP contribution in [0.5, 0.6) is 5.88 Å². The van der Waals surface area contributed by atoms with Crippen LogP contribution in [0.4, 0.5) is 0 Å². The fourth-order valence-electron chi connectivity index (χ4n) is 2.91. The molecule has 1 fully saturated rings. The Morgan fingerprint density at radius 3 is 2.71 bits per heavy atom. The minimum absolute atomic E-state index is 0.335. The van der Waals surface area contributed by atoms with Gasteiger partial charge in [0.1, 0.15) is 5.69 Å². The molecule has 0 bridgehead atoms. The number of hydrogen-bond donors (Lipinski definition) is 1. The van der Waals surface area contributed by atoms with E-state index in [1.54, 1.807) is 16.8 Å². The molecule has 24 heavy (non-hydrogen) atoms. The molecule has 0 unspecified atom stereocenters. The summed E-state index contributed by atoms with van der Waals surface area (Å²) in [5, 5.41) is 15.0. The number of methoxy groups -OCH3 is 1. The van der Waals surface area contributed by atoms with Gasteiger partial charge in [-0.3, -0.25) is 9.48 Å². The minimum Gasteiger partial charge on any atom is -0.481 e. The van der Waals surface area contributed by atoms with Crippen molar-refractivity contribution in [2.45, 2.75) is 38.2 Å². The molecule has 2 heterocycles. The number of nitrogens with zero attached hydrogens (tertiary/aromatic N) is 3. The molecule has 0 spiro atoms. The van der Waals surface area contributed by atoms with Crippen LogP contribution in [0.1, 0.15) is 43.1 Å². The average Bonchev–Trinajstić information content (AvgIpc) is 2.99. The van der Waals surface area contributed by atoms with Crippen LogP contribution in [0.2, 0.25) is 5.02 Å². The van der Waals surface area contributed by atoms with E-state index in [0.29, 0.717) is 54.1 Å². The van der Waals surface area contributed by atoms with E-state index in [1.165, 1.54) is 13.3 Å². The standard InChI is InChI=1S/C17H19ClN3O3/c1-17(23)5-3-12(4-6-17)21-15(7-11(10-22)20-21)13-8-16(24-2)19-9-14(13)18/h7-10,23H,3-6H2,1-2H3. The van der Waals surface area contributed by atoms with Gasteiger partial charge in [-0.25, -0.2) is 4.98 Å². The van der Waals surface area contributed by atoms with Crippen LogP contribution in [-0.2, 0) is 0 Å². The third-order valence-corrected chi connectivity index (χ3v) is 4.67. The van der Waals surface area contributed by atoms with Gasteiger partial charge in [-0.05, 0) is 38.7 Å². The third kappa shape index (κ3) is 3.30. The van der Waals surface area contributed by atoms with Gasteiger partial charge in [0.15, 0.2) is 6.29 Å². The highest BCUT2D eigenvalue weighted by molar-refractivity contribution is 6.33. The van der Waals surface area contributed by atoms with Crippen molar-refractivity contribution in [1.29, 1.82) is 0 Å². The molecule has 0 aromatic carbocycles. The first-order valence-electron chi connectivity index (χ1n) is 7.76. The number of ether oxygens (including phenoxy) is 1. The SMILES string of the molecule is COc1cc(-c2cc(C=O)nn2[C]2CCC(C)(O)CC2)c(Cl)cn1. The third-order valence-electron chi connectivity index (χ3n) is 4.37. The van der Waals surface area contributed by atoms with E-state index < -0.39 is 5.60 Å². The van der Waals surface area contributed by atoms with Crippen LogP contribution in [-0.4, -0.2) is 38.9 Å². The highest BCUT2D eigenvalue weighted by Crippen LogP contribution is 2.38. The largest absolute Gasteiger partial charge is 0.481 e. The molecule has 1 saturated carbocycles.